The topological polar surface area (TPSA) is 89.0 Å². The summed E-state index contributed by atoms with van der Waals surface area (Å²) in [5.41, 5.74) is 1.32. The molecular formula is C19H19ClN4O3S. The van der Waals surface area contributed by atoms with E-state index in [1.165, 1.54) is 23.4 Å². The van der Waals surface area contributed by atoms with Crippen LogP contribution in [0.4, 0.5) is 5.69 Å². The molecule has 1 aromatic heterocycles. The molecule has 0 atom stereocenters. The number of nitrogens with one attached hydrogen (secondary N) is 2. The van der Waals surface area contributed by atoms with Gasteiger partial charge in [0.25, 0.3) is 0 Å². The molecule has 7 nitrogen and oxygen atoms in total. The Balaban J connectivity index is 1.61. The highest BCUT2D eigenvalue weighted by atomic mass is 35.5. The lowest BCUT2D eigenvalue weighted by atomic mass is 10.1. The first kappa shape index (κ1) is 20.0. The predicted octanol–water partition coefficient (Wildman–Crippen LogP) is 3.21. The number of rotatable bonds is 8. The molecule has 3 rings (SSSR count). The first-order valence-corrected chi connectivity index (χ1v) is 9.88. The zero-order chi connectivity index (χ0) is 19.9. The maximum Gasteiger partial charge on any atom is 0.343 e. The first-order chi connectivity index (χ1) is 13.6. The number of ether oxygens (including phenoxy) is 1. The van der Waals surface area contributed by atoms with Gasteiger partial charge in [0, 0.05) is 11.6 Å². The van der Waals surface area contributed by atoms with Gasteiger partial charge in [0.15, 0.2) is 5.16 Å². The van der Waals surface area contributed by atoms with E-state index in [4.69, 9.17) is 16.3 Å². The number of carbonyl (C=O) groups excluding carboxylic acids is 1. The Bertz CT molecular complexity index is 1000. The molecule has 2 N–H and O–H groups in total. The quantitative estimate of drug-likeness (QED) is 0.548. The Hall–Kier alpha value is -2.71. The number of benzene rings is 2. The summed E-state index contributed by atoms with van der Waals surface area (Å²) in [5, 5.41) is 10.2. The van der Waals surface area contributed by atoms with E-state index in [0.717, 1.165) is 5.56 Å². The molecule has 0 bridgehead atoms. The largest absolute Gasteiger partial charge is 0.495 e. The number of thioether (sulfide) groups is 1. The Labute approximate surface area is 171 Å². The Morgan fingerprint density at radius 2 is 2.07 bits per heavy atom. The lowest BCUT2D eigenvalue weighted by molar-refractivity contribution is -0.113. The van der Waals surface area contributed by atoms with Crippen LogP contribution in [0.25, 0.3) is 0 Å². The summed E-state index contributed by atoms with van der Waals surface area (Å²) < 4.78 is 6.75. The van der Waals surface area contributed by atoms with Gasteiger partial charge in [-0.25, -0.2) is 9.89 Å². The minimum atomic E-state index is -0.296. The van der Waals surface area contributed by atoms with Crippen LogP contribution >= 0.6 is 23.4 Å². The van der Waals surface area contributed by atoms with E-state index >= 15 is 0 Å². The van der Waals surface area contributed by atoms with Gasteiger partial charge in [-0.3, -0.25) is 9.36 Å². The molecular weight excluding hydrogens is 400 g/mol. The predicted molar refractivity (Wildman–Crippen MR) is 110 cm³/mol. The number of aromatic nitrogens is 3. The number of methoxy groups -OCH3 is 1. The van der Waals surface area contributed by atoms with E-state index in [1.54, 1.807) is 18.2 Å². The smallest absolute Gasteiger partial charge is 0.343 e. The summed E-state index contributed by atoms with van der Waals surface area (Å²) in [6.45, 7) is 0.478. The summed E-state index contributed by atoms with van der Waals surface area (Å²) >= 11 is 7.16. The molecule has 0 fully saturated rings. The minimum absolute atomic E-state index is 0.0886. The summed E-state index contributed by atoms with van der Waals surface area (Å²) in [6, 6.07) is 14.8. The number of amides is 1. The second kappa shape index (κ2) is 9.48. The van der Waals surface area contributed by atoms with Crippen LogP contribution in [-0.2, 0) is 17.8 Å². The number of anilines is 1. The lowest BCUT2D eigenvalue weighted by Gasteiger charge is -2.10. The Kier molecular flexibility index (Phi) is 6.78. The lowest BCUT2D eigenvalue weighted by Crippen LogP contribution is -2.20. The van der Waals surface area contributed by atoms with Gasteiger partial charge in [0.2, 0.25) is 5.91 Å². The molecule has 1 heterocycles. The summed E-state index contributed by atoms with van der Waals surface area (Å²) in [7, 11) is 1.52. The fraction of sp³-hybridized carbons (Fsp3) is 0.211. The third-order valence-corrected chi connectivity index (χ3v) is 5.17. The monoisotopic (exact) mass is 418 g/mol. The van der Waals surface area contributed by atoms with Gasteiger partial charge >= 0.3 is 5.69 Å². The van der Waals surface area contributed by atoms with Gasteiger partial charge in [-0.15, -0.1) is 5.10 Å². The highest BCUT2D eigenvalue weighted by Gasteiger charge is 2.13. The van der Waals surface area contributed by atoms with Gasteiger partial charge in [0.1, 0.15) is 5.75 Å². The normalized spacial score (nSPS) is 10.6. The van der Waals surface area contributed by atoms with Crippen molar-refractivity contribution >= 4 is 35.0 Å². The van der Waals surface area contributed by atoms with Crippen LogP contribution < -0.4 is 15.7 Å². The Morgan fingerprint density at radius 1 is 1.29 bits per heavy atom. The van der Waals surface area contributed by atoms with E-state index in [0.29, 0.717) is 34.6 Å². The van der Waals surface area contributed by atoms with Crippen molar-refractivity contribution in [3.63, 3.8) is 0 Å². The molecule has 3 aromatic rings. The zero-order valence-electron chi connectivity index (χ0n) is 15.1. The van der Waals surface area contributed by atoms with Crippen molar-refractivity contribution < 1.29 is 9.53 Å². The van der Waals surface area contributed by atoms with Gasteiger partial charge in [0.05, 0.1) is 18.6 Å². The Morgan fingerprint density at radius 3 is 2.82 bits per heavy atom. The van der Waals surface area contributed by atoms with E-state index < -0.39 is 0 Å². The summed E-state index contributed by atoms with van der Waals surface area (Å²) in [6.07, 6.45) is 0.694. The van der Waals surface area contributed by atoms with Crippen molar-refractivity contribution in [2.75, 3.05) is 18.2 Å². The van der Waals surface area contributed by atoms with Crippen molar-refractivity contribution in [3.8, 4) is 5.75 Å². The second-order valence-electron chi connectivity index (χ2n) is 5.88. The zero-order valence-corrected chi connectivity index (χ0v) is 16.7. The van der Waals surface area contributed by atoms with Crippen LogP contribution in [-0.4, -0.2) is 33.5 Å². The van der Waals surface area contributed by atoms with Crippen molar-refractivity contribution in [3.05, 3.63) is 69.6 Å². The molecule has 0 spiro atoms. The fourth-order valence-electron chi connectivity index (χ4n) is 2.59. The molecule has 9 heteroatoms. The van der Waals surface area contributed by atoms with Crippen LogP contribution in [0, 0.1) is 0 Å². The van der Waals surface area contributed by atoms with Gasteiger partial charge in [-0.2, -0.15) is 0 Å². The standard InChI is InChI=1S/C19H19ClN4O3S/c1-27-16-8-7-14(20)11-15(16)21-17(25)12-28-19-23-22-18(26)24(19)10-9-13-5-3-2-4-6-13/h2-8,11H,9-10,12H2,1H3,(H,21,25)(H,22,26). The average Bonchev–Trinajstić information content (AvgIpc) is 3.05. The molecule has 0 aliphatic heterocycles. The van der Waals surface area contributed by atoms with E-state index in [-0.39, 0.29) is 17.3 Å². The molecule has 146 valence electrons. The number of carbonyl (C=O) groups is 1. The van der Waals surface area contributed by atoms with Crippen molar-refractivity contribution in [2.45, 2.75) is 18.1 Å². The van der Waals surface area contributed by atoms with Gasteiger partial charge < -0.3 is 10.1 Å². The first-order valence-electron chi connectivity index (χ1n) is 8.52. The molecule has 0 saturated carbocycles. The van der Waals surface area contributed by atoms with Gasteiger partial charge in [-0.1, -0.05) is 53.7 Å². The maximum atomic E-state index is 12.3. The molecule has 0 saturated heterocycles. The number of hydrogen-bond acceptors (Lipinski definition) is 5. The molecule has 0 aliphatic carbocycles. The maximum absolute atomic E-state index is 12.3. The van der Waals surface area contributed by atoms with Crippen LogP contribution in [0.5, 0.6) is 5.75 Å². The van der Waals surface area contributed by atoms with Crippen LogP contribution in [0.3, 0.4) is 0 Å². The molecule has 0 radical (unpaired) electrons. The van der Waals surface area contributed by atoms with Gasteiger partial charge in [-0.05, 0) is 30.2 Å². The number of H-pyrrole nitrogens is 1. The third kappa shape index (κ3) is 5.17. The summed E-state index contributed by atoms with van der Waals surface area (Å²) in [5.74, 6) is 0.351. The molecule has 2 aromatic carbocycles. The van der Waals surface area contributed by atoms with Crippen molar-refractivity contribution in [2.24, 2.45) is 0 Å². The van der Waals surface area contributed by atoms with Crippen LogP contribution in [0.15, 0.2) is 58.5 Å². The van der Waals surface area contributed by atoms with Crippen LogP contribution in [0.2, 0.25) is 5.02 Å². The highest BCUT2D eigenvalue weighted by molar-refractivity contribution is 7.99. The number of aromatic amines is 1. The third-order valence-electron chi connectivity index (χ3n) is 3.96. The minimum Gasteiger partial charge on any atom is -0.495 e. The molecule has 0 unspecified atom stereocenters. The second-order valence-corrected chi connectivity index (χ2v) is 7.26. The van der Waals surface area contributed by atoms with E-state index in [1.807, 2.05) is 30.3 Å². The molecule has 28 heavy (non-hydrogen) atoms. The number of hydrogen-bond donors (Lipinski definition) is 2. The fourth-order valence-corrected chi connectivity index (χ4v) is 3.54. The van der Waals surface area contributed by atoms with Crippen molar-refractivity contribution in [1.29, 1.82) is 0 Å². The highest BCUT2D eigenvalue weighted by Crippen LogP contribution is 2.28. The molecule has 1 amide bonds. The van der Waals surface area contributed by atoms with E-state index in [9.17, 15) is 9.59 Å². The van der Waals surface area contributed by atoms with Crippen LogP contribution in [0.1, 0.15) is 5.56 Å². The number of nitrogens with zero attached hydrogens (tertiary/aromatic N) is 2. The average molecular weight is 419 g/mol. The number of aryl methyl sites for hydroxylation is 1. The van der Waals surface area contributed by atoms with Crippen molar-refractivity contribution in [1.82, 2.24) is 14.8 Å². The number of halogens is 1. The molecule has 0 aliphatic rings. The SMILES string of the molecule is COc1ccc(Cl)cc1NC(=O)CSc1n[nH]c(=O)n1CCc1ccccc1. The van der Waals surface area contributed by atoms with E-state index in [2.05, 4.69) is 15.5 Å². The summed E-state index contributed by atoms with van der Waals surface area (Å²) in [4.78, 5) is 24.3.